The lowest BCUT2D eigenvalue weighted by Crippen LogP contribution is -2.47. The number of aryl methyl sites for hydroxylation is 2. The second-order valence-electron chi connectivity index (χ2n) is 5.98. The van der Waals surface area contributed by atoms with Crippen LogP contribution in [0.2, 0.25) is 0 Å². The molecule has 0 saturated heterocycles. The van der Waals surface area contributed by atoms with Crippen LogP contribution in [0.5, 0.6) is 11.5 Å². The highest BCUT2D eigenvalue weighted by Gasteiger charge is 2.34. The molecule has 1 heterocycles. The summed E-state index contributed by atoms with van der Waals surface area (Å²) in [5, 5.41) is 18.7. The van der Waals surface area contributed by atoms with E-state index in [1.54, 1.807) is 6.07 Å². The lowest BCUT2D eigenvalue weighted by atomic mass is 9.99. The molecule has 0 fully saturated rings. The highest BCUT2D eigenvalue weighted by Crippen LogP contribution is 2.37. The Hall–Kier alpha value is -3.00. The molecule has 0 bridgehead atoms. The molecular weight excluding hydrogens is 304 g/mol. The van der Waals surface area contributed by atoms with Crippen LogP contribution >= 0.6 is 0 Å². The van der Waals surface area contributed by atoms with E-state index >= 15 is 0 Å². The van der Waals surface area contributed by atoms with Gasteiger partial charge in [-0.25, -0.2) is 0 Å². The van der Waals surface area contributed by atoms with Crippen LogP contribution in [0.1, 0.15) is 16.7 Å². The third kappa shape index (κ3) is 2.91. The summed E-state index contributed by atoms with van der Waals surface area (Å²) < 4.78 is 5.83. The van der Waals surface area contributed by atoms with Crippen molar-refractivity contribution in [3.63, 3.8) is 0 Å². The maximum absolute atomic E-state index is 12.7. The molecule has 0 aliphatic carbocycles. The smallest absolute Gasteiger partial charge is 0.269 e. The summed E-state index contributed by atoms with van der Waals surface area (Å²) in [4.78, 5) is 14.1. The van der Waals surface area contributed by atoms with E-state index in [0.29, 0.717) is 17.9 Å². The number of ether oxygens (including phenoxy) is 1. The summed E-state index contributed by atoms with van der Waals surface area (Å²) in [6.07, 6.45) is -0.295. The molecule has 0 aromatic heterocycles. The van der Waals surface area contributed by atoms with Crippen molar-refractivity contribution in [2.45, 2.75) is 26.4 Å². The van der Waals surface area contributed by atoms with Crippen molar-refractivity contribution in [2.75, 3.05) is 11.4 Å². The van der Waals surface area contributed by atoms with Gasteiger partial charge in [-0.1, -0.05) is 23.8 Å². The molecule has 1 amide bonds. The van der Waals surface area contributed by atoms with Crippen LogP contribution in [-0.2, 0) is 11.2 Å². The molecule has 5 nitrogen and oxygen atoms in total. The van der Waals surface area contributed by atoms with Gasteiger partial charge >= 0.3 is 0 Å². The fraction of sp³-hybridized carbons (Fsp3) is 0.263. The van der Waals surface area contributed by atoms with Crippen LogP contribution in [0.3, 0.4) is 0 Å². The lowest BCUT2D eigenvalue weighted by molar-refractivity contribution is -0.126. The van der Waals surface area contributed by atoms with Crippen molar-refractivity contribution in [3.8, 4) is 17.6 Å². The van der Waals surface area contributed by atoms with Crippen LogP contribution in [0.15, 0.2) is 36.4 Å². The Labute approximate surface area is 140 Å². The fourth-order valence-electron chi connectivity index (χ4n) is 2.95. The third-order valence-corrected chi connectivity index (χ3v) is 4.18. The summed E-state index contributed by atoms with van der Waals surface area (Å²) in [6, 6.07) is 12.6. The first-order valence-electron chi connectivity index (χ1n) is 7.73. The quantitative estimate of drug-likeness (QED) is 0.882. The molecule has 122 valence electrons. The number of carbonyl (C=O) groups excluding carboxylic acids is 1. The molecule has 1 atom stereocenters. The van der Waals surface area contributed by atoms with Crippen LogP contribution in [0.25, 0.3) is 0 Å². The van der Waals surface area contributed by atoms with Crippen molar-refractivity contribution in [2.24, 2.45) is 0 Å². The van der Waals surface area contributed by atoms with E-state index in [4.69, 9.17) is 10.00 Å². The minimum atomic E-state index is -0.714. The van der Waals surface area contributed by atoms with Crippen LogP contribution < -0.4 is 9.64 Å². The Morgan fingerprint density at radius 1 is 1.25 bits per heavy atom. The molecular formula is C19H18N2O3. The van der Waals surface area contributed by atoms with Crippen molar-refractivity contribution < 1.29 is 14.6 Å². The molecule has 1 aliphatic heterocycles. The summed E-state index contributed by atoms with van der Waals surface area (Å²) in [5.74, 6) is 0.236. The molecule has 1 unspecified atom stereocenters. The Morgan fingerprint density at radius 3 is 2.75 bits per heavy atom. The molecule has 1 aliphatic rings. The molecule has 1 N–H and O–H groups in total. The standard InChI is InChI=1S/C19H18N2O3/c1-12-3-4-14(13(2)9-12)10-18-19(23)21(8-7-20)16-6-5-15(22)11-17(16)24-18/h3-6,9,11,18,22H,8,10H2,1-2H3. The summed E-state index contributed by atoms with van der Waals surface area (Å²) in [7, 11) is 0. The number of aromatic hydroxyl groups is 1. The zero-order valence-corrected chi connectivity index (χ0v) is 13.6. The van der Waals surface area contributed by atoms with E-state index < -0.39 is 6.10 Å². The number of benzene rings is 2. The molecule has 0 spiro atoms. The summed E-state index contributed by atoms with van der Waals surface area (Å²) in [6.45, 7) is 3.97. The Morgan fingerprint density at radius 2 is 2.04 bits per heavy atom. The number of nitriles is 1. The average Bonchev–Trinajstić information content (AvgIpc) is 2.53. The number of hydrogen-bond acceptors (Lipinski definition) is 4. The molecule has 5 heteroatoms. The van der Waals surface area contributed by atoms with Gasteiger partial charge in [0.15, 0.2) is 6.10 Å². The zero-order chi connectivity index (χ0) is 17.3. The topological polar surface area (TPSA) is 73.6 Å². The van der Waals surface area contributed by atoms with Crippen molar-refractivity contribution in [3.05, 3.63) is 53.1 Å². The van der Waals surface area contributed by atoms with E-state index in [0.717, 1.165) is 16.7 Å². The SMILES string of the molecule is Cc1ccc(CC2Oc3cc(O)ccc3N(CC#N)C2=O)c(C)c1. The molecule has 24 heavy (non-hydrogen) atoms. The maximum Gasteiger partial charge on any atom is 0.269 e. The number of phenolic OH excluding ortho intramolecular Hbond substituents is 1. The minimum absolute atomic E-state index is 0.0522. The monoisotopic (exact) mass is 322 g/mol. The molecule has 0 radical (unpaired) electrons. The highest BCUT2D eigenvalue weighted by molar-refractivity contribution is 6.00. The number of phenols is 1. The Bertz CT molecular complexity index is 839. The molecule has 2 aromatic carbocycles. The van der Waals surface area contributed by atoms with Crippen molar-refractivity contribution >= 4 is 11.6 Å². The van der Waals surface area contributed by atoms with E-state index in [-0.39, 0.29) is 18.2 Å². The first-order valence-corrected chi connectivity index (χ1v) is 7.73. The maximum atomic E-state index is 12.7. The fourth-order valence-corrected chi connectivity index (χ4v) is 2.95. The second kappa shape index (κ2) is 6.25. The number of anilines is 1. The summed E-state index contributed by atoms with van der Waals surface area (Å²) in [5.41, 5.74) is 3.80. The number of nitrogens with zero attached hydrogens (tertiary/aromatic N) is 2. The largest absolute Gasteiger partial charge is 0.508 e. The average molecular weight is 322 g/mol. The van der Waals surface area contributed by atoms with Crippen LogP contribution in [0.4, 0.5) is 5.69 Å². The number of carbonyl (C=O) groups is 1. The van der Waals surface area contributed by atoms with Gasteiger partial charge in [0, 0.05) is 12.5 Å². The van der Waals surface area contributed by atoms with E-state index in [9.17, 15) is 9.90 Å². The van der Waals surface area contributed by atoms with Gasteiger partial charge in [-0.2, -0.15) is 5.26 Å². The predicted octanol–water partition coefficient (Wildman–Crippen LogP) is 2.87. The Balaban J connectivity index is 1.95. The van der Waals surface area contributed by atoms with Gasteiger partial charge in [-0.05, 0) is 37.1 Å². The second-order valence-corrected chi connectivity index (χ2v) is 5.98. The predicted molar refractivity (Wildman–Crippen MR) is 90.1 cm³/mol. The first kappa shape index (κ1) is 15.9. The van der Waals surface area contributed by atoms with E-state index in [1.165, 1.54) is 17.0 Å². The normalized spacial score (nSPS) is 16.3. The molecule has 3 rings (SSSR count). The highest BCUT2D eigenvalue weighted by atomic mass is 16.5. The van der Waals surface area contributed by atoms with Gasteiger partial charge in [-0.3, -0.25) is 9.69 Å². The number of hydrogen-bond donors (Lipinski definition) is 1. The van der Waals surface area contributed by atoms with Gasteiger partial charge in [0.05, 0.1) is 11.8 Å². The lowest BCUT2D eigenvalue weighted by Gasteiger charge is -2.33. The number of fused-ring (bicyclic) bond motifs is 1. The molecule has 0 saturated carbocycles. The van der Waals surface area contributed by atoms with Crippen LogP contribution in [-0.4, -0.2) is 23.7 Å². The van der Waals surface area contributed by atoms with Gasteiger partial charge < -0.3 is 9.84 Å². The van der Waals surface area contributed by atoms with E-state index in [2.05, 4.69) is 6.07 Å². The summed E-state index contributed by atoms with van der Waals surface area (Å²) >= 11 is 0. The first-order chi connectivity index (χ1) is 11.5. The van der Waals surface area contributed by atoms with Crippen molar-refractivity contribution in [1.82, 2.24) is 0 Å². The van der Waals surface area contributed by atoms with Gasteiger partial charge in [0.2, 0.25) is 0 Å². The van der Waals surface area contributed by atoms with Crippen molar-refractivity contribution in [1.29, 1.82) is 5.26 Å². The zero-order valence-electron chi connectivity index (χ0n) is 13.6. The van der Waals surface area contributed by atoms with Crippen LogP contribution in [0, 0.1) is 25.2 Å². The number of amides is 1. The van der Waals surface area contributed by atoms with E-state index in [1.807, 2.05) is 32.0 Å². The number of rotatable bonds is 3. The van der Waals surface area contributed by atoms with Gasteiger partial charge in [0.1, 0.15) is 18.0 Å². The van der Waals surface area contributed by atoms with Gasteiger partial charge in [-0.15, -0.1) is 0 Å². The third-order valence-electron chi connectivity index (χ3n) is 4.18. The molecule has 2 aromatic rings. The van der Waals surface area contributed by atoms with Gasteiger partial charge in [0.25, 0.3) is 5.91 Å². The minimum Gasteiger partial charge on any atom is -0.508 e. The Kier molecular flexibility index (Phi) is 4.13.